The number of aliphatic hydroxyl groups is 5. The van der Waals surface area contributed by atoms with E-state index < -0.39 is 30.0 Å². The second-order valence-electron chi connectivity index (χ2n) is 13.1. The topological polar surface area (TPSA) is 118 Å². The summed E-state index contributed by atoms with van der Waals surface area (Å²) in [5.74, 6) is -0.311. The number of ketones is 1. The molecule has 0 aliphatic heterocycles. The molecule has 4 rings (SSSR count). The summed E-state index contributed by atoms with van der Waals surface area (Å²) in [5, 5.41) is 53.9. The maximum Gasteiger partial charge on any atom is 0.159 e. The van der Waals surface area contributed by atoms with Gasteiger partial charge >= 0.3 is 0 Å². The third-order valence-electron chi connectivity index (χ3n) is 11.0. The van der Waals surface area contributed by atoms with E-state index in [0.717, 1.165) is 36.8 Å². The average Bonchev–Trinajstić information content (AvgIpc) is 3.11. The van der Waals surface area contributed by atoms with Gasteiger partial charge in [0.05, 0.1) is 30.0 Å². The first-order chi connectivity index (χ1) is 16.1. The SMILES string of the molecule is C=C(C)[C@@H](C[C@@H](O)[C@](C)(O)[C@H]1CC[C@H]2C3=CC(=O)[C@@H]4C[C@@H](O)[C@@H](O)C[C@]4(C)[C@H]3CC[C@]12C)C(C)O. The molecule has 35 heavy (non-hydrogen) atoms. The molecule has 0 saturated heterocycles. The predicted molar refractivity (Wildman–Crippen MR) is 134 cm³/mol. The second kappa shape index (κ2) is 9.05. The van der Waals surface area contributed by atoms with Crippen LogP contribution >= 0.6 is 0 Å². The molecule has 6 heteroatoms. The van der Waals surface area contributed by atoms with E-state index in [1.54, 1.807) is 13.8 Å². The molecule has 0 aromatic carbocycles. The van der Waals surface area contributed by atoms with Gasteiger partial charge in [-0.15, -0.1) is 0 Å². The quantitative estimate of drug-likeness (QED) is 0.365. The van der Waals surface area contributed by atoms with E-state index in [-0.39, 0.29) is 52.6 Å². The van der Waals surface area contributed by atoms with E-state index in [1.807, 2.05) is 13.0 Å². The lowest BCUT2D eigenvalue weighted by Crippen LogP contribution is -2.57. The van der Waals surface area contributed by atoms with E-state index in [4.69, 9.17) is 0 Å². The number of aliphatic hydroxyl groups excluding tert-OH is 4. The van der Waals surface area contributed by atoms with E-state index in [9.17, 15) is 30.3 Å². The van der Waals surface area contributed by atoms with E-state index >= 15 is 0 Å². The summed E-state index contributed by atoms with van der Waals surface area (Å²) in [5.41, 5.74) is -0.0164. The van der Waals surface area contributed by atoms with E-state index in [0.29, 0.717) is 12.8 Å². The first-order valence-corrected chi connectivity index (χ1v) is 13.5. The molecule has 0 spiro atoms. The van der Waals surface area contributed by atoms with Gasteiger partial charge in [0.2, 0.25) is 0 Å². The summed E-state index contributed by atoms with van der Waals surface area (Å²) in [6.07, 6.45) is 2.87. The largest absolute Gasteiger partial charge is 0.393 e. The third-order valence-corrected chi connectivity index (χ3v) is 11.0. The Hall–Kier alpha value is -1.05. The van der Waals surface area contributed by atoms with Crippen LogP contribution in [-0.4, -0.2) is 61.3 Å². The van der Waals surface area contributed by atoms with Gasteiger partial charge < -0.3 is 25.5 Å². The highest BCUT2D eigenvalue weighted by atomic mass is 16.3. The zero-order valence-electron chi connectivity index (χ0n) is 22.1. The fourth-order valence-electron chi connectivity index (χ4n) is 8.88. The van der Waals surface area contributed by atoms with Gasteiger partial charge in [0.25, 0.3) is 0 Å². The number of hydrogen-bond donors (Lipinski definition) is 5. The Morgan fingerprint density at radius 2 is 1.74 bits per heavy atom. The first kappa shape index (κ1) is 27.0. The lowest BCUT2D eigenvalue weighted by Gasteiger charge is -2.58. The van der Waals surface area contributed by atoms with Crippen molar-refractivity contribution in [2.75, 3.05) is 0 Å². The average molecular weight is 491 g/mol. The van der Waals surface area contributed by atoms with Crippen LogP contribution in [-0.2, 0) is 4.79 Å². The van der Waals surface area contributed by atoms with Crippen LogP contribution in [0.5, 0.6) is 0 Å². The van der Waals surface area contributed by atoms with Crippen LogP contribution in [0.15, 0.2) is 23.8 Å². The maximum absolute atomic E-state index is 13.3. The summed E-state index contributed by atoms with van der Waals surface area (Å²) >= 11 is 0. The zero-order chi connectivity index (χ0) is 26.1. The van der Waals surface area contributed by atoms with Crippen LogP contribution in [0.25, 0.3) is 0 Å². The minimum atomic E-state index is -1.34. The van der Waals surface area contributed by atoms with Crippen molar-refractivity contribution < 1.29 is 30.3 Å². The van der Waals surface area contributed by atoms with Crippen LogP contribution < -0.4 is 0 Å². The van der Waals surface area contributed by atoms with Gasteiger partial charge in [-0.3, -0.25) is 4.79 Å². The highest BCUT2D eigenvalue weighted by Gasteiger charge is 2.63. The lowest BCUT2D eigenvalue weighted by atomic mass is 9.47. The Balaban J connectivity index is 1.61. The summed E-state index contributed by atoms with van der Waals surface area (Å²) in [6.45, 7) is 13.6. The maximum atomic E-state index is 13.3. The Labute approximate surface area is 210 Å². The van der Waals surface area contributed by atoms with Crippen LogP contribution in [0.1, 0.15) is 79.6 Å². The summed E-state index contributed by atoms with van der Waals surface area (Å²) in [6, 6.07) is 0. The Kier molecular flexibility index (Phi) is 6.98. The van der Waals surface area contributed by atoms with Crippen LogP contribution in [0.2, 0.25) is 0 Å². The van der Waals surface area contributed by atoms with Crippen molar-refractivity contribution in [3.8, 4) is 0 Å². The summed E-state index contributed by atoms with van der Waals surface area (Å²) < 4.78 is 0. The third kappa shape index (κ3) is 4.17. The monoisotopic (exact) mass is 490 g/mol. The van der Waals surface area contributed by atoms with Crippen molar-refractivity contribution in [1.29, 1.82) is 0 Å². The van der Waals surface area contributed by atoms with E-state index in [1.165, 1.54) is 0 Å². The smallest absolute Gasteiger partial charge is 0.159 e. The van der Waals surface area contributed by atoms with Crippen molar-refractivity contribution >= 4 is 5.78 Å². The van der Waals surface area contributed by atoms with Gasteiger partial charge in [-0.25, -0.2) is 0 Å². The number of carbonyl (C=O) groups is 1. The molecule has 6 nitrogen and oxygen atoms in total. The summed E-state index contributed by atoms with van der Waals surface area (Å²) in [7, 11) is 0. The molecular formula is C29H46O6. The highest BCUT2D eigenvalue weighted by Crippen LogP contribution is 2.67. The molecule has 0 bridgehead atoms. The van der Waals surface area contributed by atoms with Crippen molar-refractivity contribution in [3.05, 3.63) is 23.8 Å². The highest BCUT2D eigenvalue weighted by molar-refractivity contribution is 5.94. The second-order valence-corrected chi connectivity index (χ2v) is 13.1. The number of hydrogen-bond acceptors (Lipinski definition) is 6. The first-order valence-electron chi connectivity index (χ1n) is 13.5. The number of allylic oxidation sites excluding steroid dienone is 2. The molecule has 0 radical (unpaired) electrons. The Morgan fingerprint density at radius 1 is 1.11 bits per heavy atom. The molecule has 5 N–H and O–H groups in total. The van der Waals surface area contributed by atoms with Gasteiger partial charge in [0.1, 0.15) is 0 Å². The number of fused-ring (bicyclic) bond motifs is 5. The molecular weight excluding hydrogens is 444 g/mol. The summed E-state index contributed by atoms with van der Waals surface area (Å²) in [4.78, 5) is 13.3. The molecule has 3 fully saturated rings. The molecule has 1 unspecified atom stereocenters. The van der Waals surface area contributed by atoms with Crippen molar-refractivity contribution in [1.82, 2.24) is 0 Å². The molecule has 0 aromatic rings. The molecule has 0 heterocycles. The molecule has 4 aliphatic carbocycles. The van der Waals surface area contributed by atoms with Gasteiger partial charge in [0.15, 0.2) is 5.78 Å². The van der Waals surface area contributed by atoms with Crippen molar-refractivity contribution in [2.45, 2.75) is 110 Å². The lowest BCUT2D eigenvalue weighted by molar-refractivity contribution is -0.152. The van der Waals surface area contributed by atoms with Crippen molar-refractivity contribution in [2.24, 2.45) is 40.4 Å². The van der Waals surface area contributed by atoms with Gasteiger partial charge in [-0.05, 0) is 100 Å². The molecule has 4 aliphatic rings. The predicted octanol–water partition coefficient (Wildman–Crippen LogP) is 3.15. The van der Waals surface area contributed by atoms with Crippen LogP contribution in [0, 0.1) is 40.4 Å². The molecule has 0 aromatic heterocycles. The standard InChI is InChI=1S/C29H46O6/c1-15(2)17(16(3)30)12-26(34)29(6,35)25-8-7-19-18-11-22(31)21-13-23(32)24(33)14-28(21,5)20(18)9-10-27(19,25)4/h11,16-17,19-21,23-26,30,32-35H,1,7-10,12-14H2,2-6H3/t16?,17-,19+,20+,21+,23-,24+,25+,26-,27+,28-,29-/m1/s1. The fraction of sp³-hybridized carbons (Fsp3) is 0.828. The molecule has 3 saturated carbocycles. The molecule has 12 atom stereocenters. The fourth-order valence-corrected chi connectivity index (χ4v) is 8.88. The Bertz CT molecular complexity index is 892. The number of rotatable bonds is 6. The number of carbonyl (C=O) groups excluding carboxylic acids is 1. The minimum absolute atomic E-state index is 0.0606. The van der Waals surface area contributed by atoms with Crippen LogP contribution in [0.4, 0.5) is 0 Å². The van der Waals surface area contributed by atoms with Gasteiger partial charge in [-0.2, -0.15) is 0 Å². The van der Waals surface area contributed by atoms with Crippen molar-refractivity contribution in [3.63, 3.8) is 0 Å². The normalized spacial score (nSPS) is 45.3. The Morgan fingerprint density at radius 3 is 2.34 bits per heavy atom. The van der Waals surface area contributed by atoms with Crippen LogP contribution in [0.3, 0.4) is 0 Å². The van der Waals surface area contributed by atoms with E-state index in [2.05, 4.69) is 20.4 Å². The molecule has 0 amide bonds. The van der Waals surface area contributed by atoms with Gasteiger partial charge in [0, 0.05) is 11.8 Å². The minimum Gasteiger partial charge on any atom is -0.393 e. The van der Waals surface area contributed by atoms with Gasteiger partial charge in [-0.1, -0.05) is 31.6 Å². The molecule has 198 valence electrons. The zero-order valence-corrected chi connectivity index (χ0v) is 22.1.